The second-order valence-corrected chi connectivity index (χ2v) is 5.35. The van der Waals surface area contributed by atoms with E-state index in [0.29, 0.717) is 35.8 Å². The molecule has 2 aromatic carbocycles. The second kappa shape index (κ2) is 8.25. The Morgan fingerprint density at radius 1 is 1.28 bits per heavy atom. The van der Waals surface area contributed by atoms with Gasteiger partial charge < -0.3 is 14.8 Å². The summed E-state index contributed by atoms with van der Waals surface area (Å²) in [5, 5.41) is 13.7. The molecular weight excluding hydrogens is 324 g/mol. The SMILES string of the molecule is CCOc1ccc(C(=O)Nc2cccc([N+](=O)[O-])c2C)cc1COC. The van der Waals surface area contributed by atoms with Gasteiger partial charge in [-0.1, -0.05) is 6.07 Å². The van der Waals surface area contributed by atoms with Crippen molar-refractivity contribution in [2.24, 2.45) is 0 Å². The predicted octanol–water partition coefficient (Wildman–Crippen LogP) is 3.70. The van der Waals surface area contributed by atoms with Crippen LogP contribution in [0.2, 0.25) is 0 Å². The average Bonchev–Trinajstić information content (AvgIpc) is 2.58. The van der Waals surface area contributed by atoms with Crippen LogP contribution in [-0.4, -0.2) is 24.5 Å². The summed E-state index contributed by atoms with van der Waals surface area (Å²) in [5.74, 6) is 0.302. The van der Waals surface area contributed by atoms with Crippen molar-refractivity contribution in [3.63, 3.8) is 0 Å². The molecule has 0 aliphatic rings. The summed E-state index contributed by atoms with van der Waals surface area (Å²) in [6, 6.07) is 9.62. The van der Waals surface area contributed by atoms with Gasteiger partial charge in [-0.3, -0.25) is 14.9 Å². The van der Waals surface area contributed by atoms with Crippen molar-refractivity contribution >= 4 is 17.3 Å². The molecule has 1 N–H and O–H groups in total. The second-order valence-electron chi connectivity index (χ2n) is 5.35. The first kappa shape index (κ1) is 18.4. The predicted molar refractivity (Wildman–Crippen MR) is 94.1 cm³/mol. The third-order valence-electron chi connectivity index (χ3n) is 3.67. The van der Waals surface area contributed by atoms with E-state index in [0.717, 1.165) is 5.56 Å². The highest BCUT2D eigenvalue weighted by Gasteiger charge is 2.16. The first-order valence-electron chi connectivity index (χ1n) is 7.78. The monoisotopic (exact) mass is 344 g/mol. The summed E-state index contributed by atoms with van der Waals surface area (Å²) in [6.45, 7) is 4.30. The third kappa shape index (κ3) is 4.33. The van der Waals surface area contributed by atoms with Crippen molar-refractivity contribution < 1.29 is 19.2 Å². The summed E-state index contributed by atoms with van der Waals surface area (Å²) in [6.07, 6.45) is 0. The summed E-state index contributed by atoms with van der Waals surface area (Å²) >= 11 is 0. The first-order valence-corrected chi connectivity index (χ1v) is 7.78. The lowest BCUT2D eigenvalue weighted by Gasteiger charge is -2.12. The van der Waals surface area contributed by atoms with Gasteiger partial charge >= 0.3 is 0 Å². The Morgan fingerprint density at radius 2 is 2.04 bits per heavy atom. The van der Waals surface area contributed by atoms with Gasteiger partial charge in [0.15, 0.2) is 0 Å². The highest BCUT2D eigenvalue weighted by atomic mass is 16.6. The number of nitro benzene ring substituents is 1. The number of benzene rings is 2. The van der Waals surface area contributed by atoms with Gasteiger partial charge in [0, 0.05) is 24.3 Å². The van der Waals surface area contributed by atoms with Crippen LogP contribution in [0.15, 0.2) is 36.4 Å². The minimum Gasteiger partial charge on any atom is -0.494 e. The number of anilines is 1. The molecule has 7 heteroatoms. The Bertz CT molecular complexity index is 789. The number of methoxy groups -OCH3 is 1. The number of amides is 1. The molecule has 0 unspecified atom stereocenters. The molecule has 0 aromatic heterocycles. The zero-order valence-electron chi connectivity index (χ0n) is 14.4. The van der Waals surface area contributed by atoms with Crippen molar-refractivity contribution in [1.82, 2.24) is 0 Å². The van der Waals surface area contributed by atoms with Crippen LogP contribution in [0, 0.1) is 17.0 Å². The van der Waals surface area contributed by atoms with Crippen LogP contribution in [0.4, 0.5) is 11.4 Å². The van der Waals surface area contributed by atoms with Gasteiger partial charge in [-0.2, -0.15) is 0 Å². The van der Waals surface area contributed by atoms with E-state index in [1.165, 1.54) is 12.1 Å². The number of hydrogen-bond acceptors (Lipinski definition) is 5. The maximum atomic E-state index is 12.5. The molecule has 25 heavy (non-hydrogen) atoms. The summed E-state index contributed by atoms with van der Waals surface area (Å²) < 4.78 is 10.7. The molecule has 0 heterocycles. The fourth-order valence-corrected chi connectivity index (χ4v) is 2.44. The van der Waals surface area contributed by atoms with E-state index >= 15 is 0 Å². The molecule has 0 fully saturated rings. The van der Waals surface area contributed by atoms with Gasteiger partial charge in [0.1, 0.15) is 5.75 Å². The van der Waals surface area contributed by atoms with E-state index in [9.17, 15) is 14.9 Å². The molecule has 132 valence electrons. The molecule has 0 aliphatic heterocycles. The fraction of sp³-hybridized carbons (Fsp3) is 0.278. The minimum absolute atomic E-state index is 0.0374. The van der Waals surface area contributed by atoms with Crippen LogP contribution >= 0.6 is 0 Å². The molecule has 0 saturated heterocycles. The molecule has 0 spiro atoms. The lowest BCUT2D eigenvalue weighted by atomic mass is 10.1. The van der Waals surface area contributed by atoms with E-state index in [-0.39, 0.29) is 11.6 Å². The van der Waals surface area contributed by atoms with Gasteiger partial charge in [0.2, 0.25) is 0 Å². The minimum atomic E-state index is -0.474. The third-order valence-corrected chi connectivity index (χ3v) is 3.67. The maximum absolute atomic E-state index is 12.5. The molecule has 2 rings (SSSR count). The average molecular weight is 344 g/mol. The molecule has 0 bridgehead atoms. The smallest absolute Gasteiger partial charge is 0.274 e. The quantitative estimate of drug-likeness (QED) is 0.611. The lowest BCUT2D eigenvalue weighted by Crippen LogP contribution is -2.14. The fourth-order valence-electron chi connectivity index (χ4n) is 2.44. The van der Waals surface area contributed by atoms with Crippen LogP contribution in [0.25, 0.3) is 0 Å². The van der Waals surface area contributed by atoms with Gasteiger partial charge in [-0.25, -0.2) is 0 Å². The number of hydrogen-bond donors (Lipinski definition) is 1. The highest BCUT2D eigenvalue weighted by Crippen LogP contribution is 2.26. The summed E-state index contributed by atoms with van der Waals surface area (Å²) in [7, 11) is 1.56. The van der Waals surface area contributed by atoms with Crippen LogP contribution in [0.5, 0.6) is 5.75 Å². The molecule has 0 aliphatic carbocycles. The van der Waals surface area contributed by atoms with E-state index in [2.05, 4.69) is 5.32 Å². The van der Waals surface area contributed by atoms with Gasteiger partial charge in [0.05, 0.1) is 29.4 Å². The molecule has 0 saturated carbocycles. The van der Waals surface area contributed by atoms with Gasteiger partial charge in [-0.15, -0.1) is 0 Å². The van der Waals surface area contributed by atoms with Crippen molar-refractivity contribution in [2.75, 3.05) is 19.0 Å². The summed E-state index contributed by atoms with van der Waals surface area (Å²) in [5.41, 5.74) is 1.95. The largest absolute Gasteiger partial charge is 0.494 e. The number of nitrogens with zero attached hydrogens (tertiary/aromatic N) is 1. The van der Waals surface area contributed by atoms with Crippen molar-refractivity contribution in [3.8, 4) is 5.75 Å². The molecule has 0 radical (unpaired) electrons. The normalized spacial score (nSPS) is 10.4. The van der Waals surface area contributed by atoms with Crippen LogP contribution in [0.3, 0.4) is 0 Å². The Hall–Kier alpha value is -2.93. The number of carbonyl (C=O) groups excluding carboxylic acids is 1. The van der Waals surface area contributed by atoms with Crippen LogP contribution < -0.4 is 10.1 Å². The van der Waals surface area contributed by atoms with E-state index in [1.807, 2.05) is 6.92 Å². The first-order chi connectivity index (χ1) is 12.0. The molecule has 1 amide bonds. The number of nitro groups is 1. The van der Waals surface area contributed by atoms with E-state index in [1.54, 1.807) is 38.3 Å². The highest BCUT2D eigenvalue weighted by molar-refractivity contribution is 6.05. The lowest BCUT2D eigenvalue weighted by molar-refractivity contribution is -0.385. The molecule has 0 atom stereocenters. The zero-order chi connectivity index (χ0) is 18.4. The van der Waals surface area contributed by atoms with Gasteiger partial charge in [-0.05, 0) is 38.1 Å². The van der Waals surface area contributed by atoms with E-state index in [4.69, 9.17) is 9.47 Å². The Morgan fingerprint density at radius 3 is 2.68 bits per heavy atom. The maximum Gasteiger partial charge on any atom is 0.274 e. The van der Waals surface area contributed by atoms with Crippen molar-refractivity contribution in [1.29, 1.82) is 0 Å². The van der Waals surface area contributed by atoms with Crippen molar-refractivity contribution in [3.05, 3.63) is 63.2 Å². The number of carbonyl (C=O) groups is 1. The molecule has 2 aromatic rings. The van der Waals surface area contributed by atoms with E-state index < -0.39 is 4.92 Å². The zero-order valence-corrected chi connectivity index (χ0v) is 14.4. The number of nitrogens with one attached hydrogen (secondary N) is 1. The Balaban J connectivity index is 2.28. The van der Waals surface area contributed by atoms with Crippen LogP contribution in [0.1, 0.15) is 28.4 Å². The molecular formula is C18H20N2O5. The topological polar surface area (TPSA) is 90.7 Å². The Labute approximate surface area is 145 Å². The number of ether oxygens (including phenoxy) is 2. The summed E-state index contributed by atoms with van der Waals surface area (Å²) in [4.78, 5) is 23.0. The van der Waals surface area contributed by atoms with Crippen molar-refractivity contribution in [2.45, 2.75) is 20.5 Å². The number of rotatable bonds is 7. The van der Waals surface area contributed by atoms with Gasteiger partial charge in [0.25, 0.3) is 11.6 Å². The standard InChI is InChI=1S/C18H20N2O5/c1-4-25-17-9-8-13(10-14(17)11-24-3)18(21)19-15-6-5-7-16(12(15)2)20(22)23/h5-10H,4,11H2,1-3H3,(H,19,21). The van der Waals surface area contributed by atoms with Crippen LogP contribution in [-0.2, 0) is 11.3 Å². The molecule has 7 nitrogen and oxygen atoms in total. The Kier molecular flexibility index (Phi) is 6.08.